The van der Waals surface area contributed by atoms with Crippen molar-refractivity contribution >= 4 is 46.3 Å². The third kappa shape index (κ3) is 4.21. The molecule has 2 aliphatic heterocycles. The van der Waals surface area contributed by atoms with Gasteiger partial charge < -0.3 is 0 Å². The quantitative estimate of drug-likeness (QED) is 0.765. The van der Waals surface area contributed by atoms with E-state index in [1.165, 1.54) is 0 Å². The Kier molecular flexibility index (Phi) is 6.09. The largest absolute Gasteiger partial charge is 0.298 e. The highest BCUT2D eigenvalue weighted by molar-refractivity contribution is 6.40. The van der Waals surface area contributed by atoms with Crippen LogP contribution in [0.25, 0.3) is 0 Å². The van der Waals surface area contributed by atoms with Gasteiger partial charge in [-0.25, -0.2) is 5.01 Å². The van der Waals surface area contributed by atoms with E-state index in [1.807, 2.05) is 49.4 Å². The molecule has 30 heavy (non-hydrogen) atoms. The van der Waals surface area contributed by atoms with Gasteiger partial charge in [-0.3, -0.25) is 20.0 Å². The number of halogens is 2. The standard InChI is InChI=1S/C22H22Cl2N4O2/c1-14-20(22(30)26-27-12-4-5-17(29)13-27)25-28(19-7-3-2-6-18(19)24)21(14)15-8-10-16(23)11-9-15/h2-3,6-11,14,21H,4-5,12-13H2,1H3,(H,26,30). The highest BCUT2D eigenvalue weighted by Crippen LogP contribution is 2.41. The molecule has 0 spiro atoms. The van der Waals surface area contributed by atoms with Gasteiger partial charge in [0.1, 0.15) is 11.5 Å². The minimum Gasteiger partial charge on any atom is -0.298 e. The fourth-order valence-corrected chi connectivity index (χ4v) is 4.30. The van der Waals surface area contributed by atoms with E-state index in [2.05, 4.69) is 10.5 Å². The summed E-state index contributed by atoms with van der Waals surface area (Å²) in [5.74, 6) is -0.381. The van der Waals surface area contributed by atoms with Crippen LogP contribution in [0.2, 0.25) is 10.0 Å². The van der Waals surface area contributed by atoms with Gasteiger partial charge in [-0.15, -0.1) is 0 Å². The maximum atomic E-state index is 13.0. The summed E-state index contributed by atoms with van der Waals surface area (Å²) in [6, 6.07) is 14.7. The summed E-state index contributed by atoms with van der Waals surface area (Å²) < 4.78 is 0. The number of hydrazone groups is 1. The van der Waals surface area contributed by atoms with Crippen LogP contribution in [0, 0.1) is 5.92 Å². The molecule has 2 unspecified atom stereocenters. The second-order valence-electron chi connectivity index (χ2n) is 7.57. The van der Waals surface area contributed by atoms with Gasteiger partial charge in [-0.05, 0) is 36.2 Å². The van der Waals surface area contributed by atoms with Gasteiger partial charge in [-0.2, -0.15) is 5.10 Å². The molecule has 2 aliphatic rings. The predicted molar refractivity (Wildman–Crippen MR) is 119 cm³/mol. The van der Waals surface area contributed by atoms with Gasteiger partial charge in [0.25, 0.3) is 5.91 Å². The fourth-order valence-electron chi connectivity index (χ4n) is 3.95. The van der Waals surface area contributed by atoms with Crippen LogP contribution in [0.5, 0.6) is 0 Å². The summed E-state index contributed by atoms with van der Waals surface area (Å²) >= 11 is 12.5. The van der Waals surface area contributed by atoms with Gasteiger partial charge in [-0.1, -0.05) is 54.4 Å². The van der Waals surface area contributed by atoms with Gasteiger partial charge in [0.15, 0.2) is 0 Å². The van der Waals surface area contributed by atoms with Crippen molar-refractivity contribution < 1.29 is 9.59 Å². The number of piperidine rings is 1. The summed E-state index contributed by atoms with van der Waals surface area (Å²) in [6.07, 6.45) is 1.29. The molecule has 2 atom stereocenters. The van der Waals surface area contributed by atoms with E-state index in [9.17, 15) is 9.59 Å². The first kappa shape index (κ1) is 20.8. The topological polar surface area (TPSA) is 65.0 Å². The van der Waals surface area contributed by atoms with Crippen LogP contribution < -0.4 is 10.4 Å². The van der Waals surface area contributed by atoms with E-state index < -0.39 is 0 Å². The molecule has 8 heteroatoms. The van der Waals surface area contributed by atoms with E-state index in [0.717, 1.165) is 17.7 Å². The van der Waals surface area contributed by atoms with Crippen LogP contribution in [-0.4, -0.2) is 35.5 Å². The maximum Gasteiger partial charge on any atom is 0.282 e. The molecule has 1 fully saturated rings. The number of carbonyl (C=O) groups is 2. The van der Waals surface area contributed by atoms with Crippen molar-refractivity contribution in [3.8, 4) is 0 Å². The van der Waals surface area contributed by atoms with Gasteiger partial charge in [0.2, 0.25) is 0 Å². The number of nitrogens with one attached hydrogen (secondary N) is 1. The number of carbonyl (C=O) groups excluding carboxylic acids is 2. The molecule has 2 heterocycles. The van der Waals surface area contributed by atoms with Crippen LogP contribution >= 0.6 is 23.2 Å². The zero-order valence-electron chi connectivity index (χ0n) is 16.5. The monoisotopic (exact) mass is 444 g/mol. The van der Waals surface area contributed by atoms with E-state index in [0.29, 0.717) is 28.7 Å². The second kappa shape index (κ2) is 8.76. The van der Waals surface area contributed by atoms with Crippen molar-refractivity contribution in [3.05, 3.63) is 64.1 Å². The van der Waals surface area contributed by atoms with Gasteiger partial charge in [0, 0.05) is 23.9 Å². The first-order chi connectivity index (χ1) is 14.4. The summed E-state index contributed by atoms with van der Waals surface area (Å²) in [4.78, 5) is 24.8. The third-order valence-electron chi connectivity index (χ3n) is 5.44. The smallest absolute Gasteiger partial charge is 0.282 e. The van der Waals surface area contributed by atoms with Gasteiger partial charge >= 0.3 is 0 Å². The highest BCUT2D eigenvalue weighted by atomic mass is 35.5. The van der Waals surface area contributed by atoms with Crippen LogP contribution in [0.4, 0.5) is 5.69 Å². The SMILES string of the molecule is CC1C(C(=O)NN2CCCC(=O)C2)=NN(c2ccccc2Cl)C1c1ccc(Cl)cc1. The molecule has 6 nitrogen and oxygen atoms in total. The molecule has 2 aromatic rings. The lowest BCUT2D eigenvalue weighted by Crippen LogP contribution is -2.50. The molecule has 1 saturated heterocycles. The number of hydrogen-bond acceptors (Lipinski definition) is 5. The average molecular weight is 445 g/mol. The minimum atomic E-state index is -0.300. The number of ketones is 1. The molecule has 1 N–H and O–H groups in total. The fraction of sp³-hybridized carbons (Fsp3) is 0.318. The highest BCUT2D eigenvalue weighted by Gasteiger charge is 2.40. The Hall–Kier alpha value is -2.41. The van der Waals surface area contributed by atoms with E-state index in [-0.39, 0.29) is 30.2 Å². The van der Waals surface area contributed by atoms with Crippen LogP contribution in [0.15, 0.2) is 53.6 Å². The van der Waals surface area contributed by atoms with Crippen molar-refractivity contribution in [3.63, 3.8) is 0 Å². The van der Waals surface area contributed by atoms with Crippen molar-refractivity contribution in [1.29, 1.82) is 0 Å². The number of hydrogen-bond donors (Lipinski definition) is 1. The summed E-state index contributed by atoms with van der Waals surface area (Å²) in [7, 11) is 0. The Bertz CT molecular complexity index is 993. The lowest BCUT2D eigenvalue weighted by Gasteiger charge is -2.28. The number of amides is 1. The number of anilines is 1. The summed E-state index contributed by atoms with van der Waals surface area (Å²) in [6.45, 7) is 2.84. The second-order valence-corrected chi connectivity index (χ2v) is 8.41. The molecule has 0 bridgehead atoms. The molecule has 0 radical (unpaired) electrons. The molecule has 0 aromatic heterocycles. The summed E-state index contributed by atoms with van der Waals surface area (Å²) in [5, 5.41) is 9.33. The predicted octanol–water partition coefficient (Wildman–Crippen LogP) is 4.24. The zero-order valence-corrected chi connectivity index (χ0v) is 18.0. The third-order valence-corrected chi connectivity index (χ3v) is 6.01. The molecule has 4 rings (SSSR count). The van der Waals surface area contributed by atoms with Crippen LogP contribution in [-0.2, 0) is 9.59 Å². The molecule has 156 valence electrons. The molecule has 1 amide bonds. The van der Waals surface area contributed by atoms with Gasteiger partial charge in [0.05, 0.1) is 23.3 Å². The summed E-state index contributed by atoms with van der Waals surface area (Å²) in [5.41, 5.74) is 4.95. The Morgan fingerprint density at radius 2 is 1.87 bits per heavy atom. The number of hydrazine groups is 1. The van der Waals surface area contributed by atoms with E-state index in [4.69, 9.17) is 23.2 Å². The zero-order chi connectivity index (χ0) is 21.3. The van der Waals surface area contributed by atoms with Crippen LogP contribution in [0.3, 0.4) is 0 Å². The van der Waals surface area contributed by atoms with Crippen molar-refractivity contribution in [2.75, 3.05) is 18.1 Å². The van der Waals surface area contributed by atoms with Crippen molar-refractivity contribution in [1.82, 2.24) is 10.4 Å². The Balaban J connectivity index is 1.66. The first-order valence-corrected chi connectivity index (χ1v) is 10.6. The van der Waals surface area contributed by atoms with Crippen molar-refractivity contribution in [2.24, 2.45) is 11.0 Å². The Morgan fingerprint density at radius 3 is 2.57 bits per heavy atom. The number of nitrogens with zero attached hydrogens (tertiary/aromatic N) is 3. The maximum absolute atomic E-state index is 13.0. The number of rotatable bonds is 4. The number of benzene rings is 2. The lowest BCUT2D eigenvalue weighted by molar-refractivity contribution is -0.126. The van der Waals surface area contributed by atoms with Crippen molar-refractivity contribution in [2.45, 2.75) is 25.8 Å². The van der Waals surface area contributed by atoms with E-state index >= 15 is 0 Å². The first-order valence-electron chi connectivity index (χ1n) is 9.89. The average Bonchev–Trinajstić information content (AvgIpc) is 3.06. The van der Waals surface area contributed by atoms with E-state index in [1.54, 1.807) is 16.1 Å². The number of para-hydroxylation sites is 1. The lowest BCUT2D eigenvalue weighted by atomic mass is 9.91. The molecular weight excluding hydrogens is 423 g/mol. The minimum absolute atomic E-state index is 0.125. The Labute approximate surface area is 185 Å². The molecule has 0 aliphatic carbocycles. The number of Topliss-reactive ketones (excluding diaryl/α,β-unsaturated/α-hetero) is 1. The Morgan fingerprint density at radius 1 is 1.13 bits per heavy atom. The molecular formula is C22H22Cl2N4O2. The normalized spacial score (nSPS) is 22.2. The molecule has 2 aromatic carbocycles. The van der Waals surface area contributed by atoms with Crippen LogP contribution in [0.1, 0.15) is 31.4 Å². The molecule has 0 saturated carbocycles.